The zero-order chi connectivity index (χ0) is 32.5. The number of nitro groups is 3. The zero-order valence-electron chi connectivity index (χ0n) is 23.0. The lowest BCUT2D eigenvalue weighted by molar-refractivity contribution is -0.385. The first kappa shape index (κ1) is 31.4. The van der Waals surface area contributed by atoms with Crippen molar-refractivity contribution in [2.24, 2.45) is 0 Å². The lowest BCUT2D eigenvalue weighted by Crippen LogP contribution is -2.23. The van der Waals surface area contributed by atoms with Crippen LogP contribution in [-0.2, 0) is 28.6 Å². The van der Waals surface area contributed by atoms with Crippen molar-refractivity contribution in [3.8, 4) is 0 Å². The third-order valence-electron chi connectivity index (χ3n) is 6.13. The molecule has 0 amide bonds. The molecule has 45 heavy (non-hydrogen) atoms. The molecule has 15 nitrogen and oxygen atoms in total. The molecule has 4 rings (SSSR count). The third-order valence-corrected chi connectivity index (χ3v) is 6.13. The molecule has 0 unspecified atom stereocenters. The Morgan fingerprint density at radius 2 is 0.756 bits per heavy atom. The lowest BCUT2D eigenvalue weighted by Gasteiger charge is -2.15. The summed E-state index contributed by atoms with van der Waals surface area (Å²) >= 11 is 0. The molecular formula is C30H21N3O12. The molecule has 1 aliphatic heterocycles. The highest BCUT2D eigenvalue weighted by atomic mass is 16.6. The van der Waals surface area contributed by atoms with Gasteiger partial charge in [-0.2, -0.15) is 0 Å². The Morgan fingerprint density at radius 1 is 0.489 bits per heavy atom. The number of carbonyl (C=O) groups excluding carboxylic acids is 3. The Balaban J connectivity index is 1.76. The molecular weight excluding hydrogens is 594 g/mol. The number of rotatable bonds is 6. The van der Waals surface area contributed by atoms with Crippen LogP contribution in [0, 0.1) is 30.3 Å². The minimum absolute atomic E-state index is 0.207. The fourth-order valence-electron chi connectivity index (χ4n) is 3.97. The first-order valence-corrected chi connectivity index (χ1v) is 12.9. The van der Waals surface area contributed by atoms with E-state index < -0.39 is 52.5 Å². The maximum atomic E-state index is 13.1. The summed E-state index contributed by atoms with van der Waals surface area (Å²) in [5.74, 6) is -3.13. The minimum Gasteiger partial charge on any atom is -0.457 e. The smallest absolute Gasteiger partial charge is 0.337 e. The van der Waals surface area contributed by atoms with Crippen molar-refractivity contribution >= 4 is 53.2 Å². The van der Waals surface area contributed by atoms with E-state index in [2.05, 4.69) is 0 Å². The van der Waals surface area contributed by atoms with Crippen molar-refractivity contribution < 1.29 is 43.4 Å². The van der Waals surface area contributed by atoms with Crippen LogP contribution < -0.4 is 0 Å². The molecule has 0 aliphatic carbocycles. The second kappa shape index (κ2) is 14.1. The van der Waals surface area contributed by atoms with Crippen LogP contribution >= 0.6 is 0 Å². The summed E-state index contributed by atoms with van der Waals surface area (Å²) in [6, 6.07) is 15.8. The molecule has 1 aliphatic rings. The van der Waals surface area contributed by atoms with E-state index in [1.807, 2.05) is 0 Å². The van der Waals surface area contributed by atoms with Gasteiger partial charge in [0.1, 0.15) is 19.8 Å². The monoisotopic (exact) mass is 615 g/mol. The summed E-state index contributed by atoms with van der Waals surface area (Å²) in [6.07, 6.45) is 3.63. The Hall–Kier alpha value is -6.51. The van der Waals surface area contributed by atoms with Crippen LogP contribution in [0.1, 0.15) is 16.7 Å². The first-order valence-electron chi connectivity index (χ1n) is 12.9. The van der Waals surface area contributed by atoms with Crippen molar-refractivity contribution in [1.82, 2.24) is 0 Å². The van der Waals surface area contributed by atoms with Gasteiger partial charge in [-0.25, -0.2) is 14.4 Å². The largest absolute Gasteiger partial charge is 0.457 e. The van der Waals surface area contributed by atoms with E-state index in [9.17, 15) is 44.7 Å². The van der Waals surface area contributed by atoms with Crippen LogP contribution in [0.15, 0.2) is 89.5 Å². The Kier molecular flexibility index (Phi) is 9.85. The predicted octanol–water partition coefficient (Wildman–Crippen LogP) is 4.61. The fourth-order valence-corrected chi connectivity index (χ4v) is 3.97. The highest BCUT2D eigenvalue weighted by molar-refractivity contribution is 5.99. The van der Waals surface area contributed by atoms with Gasteiger partial charge in [-0.05, 0) is 34.9 Å². The van der Waals surface area contributed by atoms with E-state index in [-0.39, 0.29) is 50.5 Å². The van der Waals surface area contributed by atoms with Gasteiger partial charge < -0.3 is 14.2 Å². The van der Waals surface area contributed by atoms with Crippen LogP contribution in [0.3, 0.4) is 0 Å². The standard InChI is InChI=1S/C30H21N3O12/c34-28-22(10-19-4-1-7-25(13-19)31(37)38)16-43-29(35)24(12-21-6-3-9-27(15-21)33(41)42)18-45-30(36)23(17-44-28)11-20-5-2-8-26(14-20)32(39)40/h1-15H,16-18H2/b22-10+,23-11+,24-12+. The van der Waals surface area contributed by atoms with Gasteiger partial charge in [0.2, 0.25) is 0 Å². The molecule has 0 bridgehead atoms. The van der Waals surface area contributed by atoms with Crippen LogP contribution in [-0.4, -0.2) is 52.5 Å². The summed E-state index contributed by atoms with van der Waals surface area (Å²) in [6.45, 7) is -1.99. The number of hydrogen-bond acceptors (Lipinski definition) is 12. The molecule has 0 aromatic heterocycles. The third kappa shape index (κ3) is 8.51. The van der Waals surface area contributed by atoms with E-state index >= 15 is 0 Å². The van der Waals surface area contributed by atoms with Crippen molar-refractivity contribution in [3.05, 3.63) is 137 Å². The number of ether oxygens (including phenoxy) is 3. The average Bonchev–Trinajstić information content (AvgIpc) is 3.02. The normalized spacial score (nSPS) is 17.1. The van der Waals surface area contributed by atoms with Gasteiger partial charge in [0.05, 0.1) is 31.5 Å². The van der Waals surface area contributed by atoms with Gasteiger partial charge in [-0.3, -0.25) is 30.3 Å². The minimum atomic E-state index is -1.04. The number of benzene rings is 3. The van der Waals surface area contributed by atoms with Crippen LogP contribution in [0.4, 0.5) is 17.1 Å². The summed E-state index contributed by atoms with van der Waals surface area (Å²) in [7, 11) is 0. The molecule has 0 saturated carbocycles. The lowest BCUT2D eigenvalue weighted by atomic mass is 10.1. The maximum absolute atomic E-state index is 13.1. The van der Waals surface area contributed by atoms with Gasteiger partial charge >= 0.3 is 17.9 Å². The summed E-state index contributed by atoms with van der Waals surface area (Å²) < 4.78 is 15.9. The second-order valence-corrected chi connectivity index (χ2v) is 9.29. The SMILES string of the molecule is O=C1OC/C(=C\c2cccc([N+](=O)[O-])c2)C(=O)OC/C(=C\c2cccc([N+](=O)[O-])c2)C(=O)OC/C1=C\c1cccc([N+](=O)[O-])c1. The molecule has 0 N–H and O–H groups in total. The van der Waals surface area contributed by atoms with E-state index in [0.29, 0.717) is 0 Å². The Labute approximate surface area is 253 Å². The number of cyclic esters (lactones) is 3. The first-order chi connectivity index (χ1) is 21.5. The molecule has 0 radical (unpaired) electrons. The Morgan fingerprint density at radius 3 is 1.00 bits per heavy atom. The second-order valence-electron chi connectivity index (χ2n) is 9.29. The predicted molar refractivity (Wildman–Crippen MR) is 156 cm³/mol. The summed E-state index contributed by atoms with van der Waals surface area (Å²) in [5.41, 5.74) is -0.929. The summed E-state index contributed by atoms with van der Waals surface area (Å²) in [4.78, 5) is 71.1. The number of carbonyl (C=O) groups is 3. The zero-order valence-corrected chi connectivity index (χ0v) is 23.0. The molecule has 3 aromatic rings. The van der Waals surface area contributed by atoms with E-state index in [1.54, 1.807) is 0 Å². The number of non-ortho nitro benzene ring substituents is 3. The van der Waals surface area contributed by atoms with Gasteiger partial charge in [0.25, 0.3) is 17.1 Å². The van der Waals surface area contributed by atoms with Crippen LogP contribution in [0.2, 0.25) is 0 Å². The number of esters is 3. The maximum Gasteiger partial charge on any atom is 0.337 e. The highest BCUT2D eigenvalue weighted by Crippen LogP contribution is 2.21. The van der Waals surface area contributed by atoms with Gasteiger partial charge in [-0.15, -0.1) is 0 Å². The quantitative estimate of drug-likeness (QED) is 0.122. The molecule has 1 fully saturated rings. The summed E-state index contributed by atoms with van der Waals surface area (Å²) in [5, 5.41) is 33.7. The van der Waals surface area contributed by atoms with Gasteiger partial charge in [-0.1, -0.05) is 36.4 Å². The molecule has 0 atom stereocenters. The molecule has 15 heteroatoms. The van der Waals surface area contributed by atoms with Crippen LogP contribution in [0.5, 0.6) is 0 Å². The van der Waals surface area contributed by atoms with E-state index in [1.165, 1.54) is 91.0 Å². The van der Waals surface area contributed by atoms with Crippen molar-refractivity contribution in [2.75, 3.05) is 19.8 Å². The van der Waals surface area contributed by atoms with Crippen molar-refractivity contribution in [2.45, 2.75) is 0 Å². The van der Waals surface area contributed by atoms with Gasteiger partial charge in [0.15, 0.2) is 0 Å². The molecule has 0 spiro atoms. The topological polar surface area (TPSA) is 208 Å². The van der Waals surface area contributed by atoms with Crippen molar-refractivity contribution in [1.29, 1.82) is 0 Å². The number of nitrogens with zero attached hydrogens (tertiary/aromatic N) is 3. The number of nitro benzene ring substituents is 3. The van der Waals surface area contributed by atoms with Gasteiger partial charge in [0, 0.05) is 36.4 Å². The van der Waals surface area contributed by atoms with E-state index in [4.69, 9.17) is 14.2 Å². The van der Waals surface area contributed by atoms with Crippen LogP contribution in [0.25, 0.3) is 18.2 Å². The van der Waals surface area contributed by atoms with E-state index in [0.717, 1.165) is 0 Å². The number of hydrogen-bond donors (Lipinski definition) is 0. The molecule has 1 saturated heterocycles. The molecule has 1 heterocycles. The molecule has 228 valence electrons. The Bertz CT molecular complexity index is 1600. The molecule has 3 aromatic carbocycles. The fraction of sp³-hybridized carbons (Fsp3) is 0.100. The van der Waals surface area contributed by atoms with Crippen molar-refractivity contribution in [3.63, 3.8) is 0 Å². The highest BCUT2D eigenvalue weighted by Gasteiger charge is 2.23. The average molecular weight is 616 g/mol.